The molecule has 0 aliphatic rings. The van der Waals surface area contributed by atoms with Crippen molar-refractivity contribution in [2.45, 2.75) is 26.3 Å². The number of carbonyl (C=O) groups excluding carboxylic acids is 1. The van der Waals surface area contributed by atoms with Crippen molar-refractivity contribution in [3.8, 4) is 22.8 Å². The number of ether oxygens (including phenoxy) is 1. The van der Waals surface area contributed by atoms with Crippen LogP contribution < -0.4 is 20.1 Å². The van der Waals surface area contributed by atoms with Crippen LogP contribution in [0.2, 0.25) is 0 Å². The van der Waals surface area contributed by atoms with Gasteiger partial charge in [-0.2, -0.15) is 10.2 Å². The Bertz CT molecular complexity index is 1860. The highest BCUT2D eigenvalue weighted by molar-refractivity contribution is 7.92. The Morgan fingerprint density at radius 3 is 2.51 bits per heavy atom. The number of halogens is 1. The maximum absolute atomic E-state index is 14.9. The number of carbonyl (C=O) groups is 1. The van der Waals surface area contributed by atoms with Crippen molar-refractivity contribution in [2.75, 3.05) is 21.6 Å². The van der Waals surface area contributed by atoms with Gasteiger partial charge in [0.05, 0.1) is 34.9 Å². The second-order valence-corrected chi connectivity index (χ2v) is 12.0. The summed E-state index contributed by atoms with van der Waals surface area (Å²) < 4.78 is 47.4. The molecule has 0 aliphatic heterocycles. The predicted octanol–water partition coefficient (Wildman–Crippen LogP) is 5.52. The van der Waals surface area contributed by atoms with Crippen LogP contribution in [0.5, 0.6) is 11.5 Å². The molecule has 2 amide bonds. The highest BCUT2D eigenvalue weighted by atomic mass is 32.2. The Balaban J connectivity index is 1.32. The second-order valence-electron chi connectivity index (χ2n) is 10.3. The van der Waals surface area contributed by atoms with Gasteiger partial charge in [0.25, 0.3) is 0 Å². The first-order valence-electron chi connectivity index (χ1n) is 12.4. The fourth-order valence-corrected chi connectivity index (χ4v) is 4.40. The number of rotatable bonds is 7. The van der Waals surface area contributed by atoms with Crippen LogP contribution in [-0.4, -0.2) is 45.7 Å². The van der Waals surface area contributed by atoms with E-state index in [-0.39, 0.29) is 28.5 Å². The maximum Gasteiger partial charge on any atom is 0.323 e. The average molecular weight is 579 g/mol. The monoisotopic (exact) mass is 578 g/mol. The van der Waals surface area contributed by atoms with Gasteiger partial charge in [-0.05, 0) is 51.1 Å². The third-order valence-electron chi connectivity index (χ3n) is 5.81. The van der Waals surface area contributed by atoms with E-state index in [0.717, 1.165) is 28.8 Å². The third-order valence-corrected chi connectivity index (χ3v) is 6.39. The molecule has 0 spiro atoms. The second kappa shape index (κ2) is 10.5. The van der Waals surface area contributed by atoms with Gasteiger partial charge in [-0.15, -0.1) is 0 Å². The van der Waals surface area contributed by atoms with Crippen LogP contribution in [-0.2, 0) is 15.6 Å². The molecule has 212 valence electrons. The Labute approximate surface area is 235 Å². The van der Waals surface area contributed by atoms with Crippen LogP contribution in [0.1, 0.15) is 20.8 Å². The number of pyridine rings is 1. The summed E-state index contributed by atoms with van der Waals surface area (Å²) in [7, 11) is -3.53. The lowest BCUT2D eigenvalue weighted by Gasteiger charge is -2.18. The maximum atomic E-state index is 14.9. The zero-order valence-electron chi connectivity index (χ0n) is 22.6. The van der Waals surface area contributed by atoms with E-state index in [1.54, 1.807) is 17.1 Å². The number of hydrogen-bond donors (Lipinski definition) is 4. The molecule has 0 fully saturated rings. The van der Waals surface area contributed by atoms with E-state index in [9.17, 15) is 17.6 Å². The van der Waals surface area contributed by atoms with Crippen LogP contribution in [0.15, 0.2) is 67.1 Å². The van der Waals surface area contributed by atoms with Gasteiger partial charge in [0.1, 0.15) is 28.8 Å². The van der Waals surface area contributed by atoms with Gasteiger partial charge in [-0.1, -0.05) is 6.07 Å². The molecular formula is C27H27FN8O4S. The minimum atomic E-state index is -3.53. The van der Waals surface area contributed by atoms with E-state index in [1.807, 2.05) is 39.0 Å². The number of benzene rings is 2. The van der Waals surface area contributed by atoms with Gasteiger partial charge in [-0.3, -0.25) is 14.5 Å². The van der Waals surface area contributed by atoms with E-state index in [1.165, 1.54) is 30.5 Å². The Morgan fingerprint density at radius 1 is 1.02 bits per heavy atom. The molecular weight excluding hydrogens is 551 g/mol. The van der Waals surface area contributed by atoms with Gasteiger partial charge in [-0.25, -0.2) is 22.6 Å². The first-order valence-corrected chi connectivity index (χ1v) is 14.3. The molecule has 0 atom stereocenters. The summed E-state index contributed by atoms with van der Waals surface area (Å²) in [6, 6.07) is 11.8. The number of nitrogens with zero attached hydrogens (tertiary/aromatic N) is 4. The standard InChI is InChI=1S/C27H27FN8O4S/c1-27(2,3)36-15-23(25(34-36)16-5-7-21-17(11-16)14-30-33-21)32-26(37)31-22-8-6-18(12-20(22)28)40-19-9-10-29-24(13-19)35-41(4,38)39/h5-15H,1-4H3,(H,29,35)(H,30,33)(H2,31,32,37). The van der Waals surface area contributed by atoms with Crippen LogP contribution >= 0.6 is 0 Å². The van der Waals surface area contributed by atoms with Gasteiger partial charge in [0.2, 0.25) is 10.0 Å². The third kappa shape index (κ3) is 6.61. The number of sulfonamides is 1. The van der Waals surface area contributed by atoms with Crippen LogP contribution in [0.3, 0.4) is 0 Å². The summed E-state index contributed by atoms with van der Waals surface area (Å²) in [5.41, 5.74) is 2.20. The number of urea groups is 1. The van der Waals surface area contributed by atoms with Crippen molar-refractivity contribution in [3.63, 3.8) is 0 Å². The Morgan fingerprint density at radius 2 is 1.78 bits per heavy atom. The number of hydrogen-bond acceptors (Lipinski definition) is 7. The van der Waals surface area contributed by atoms with Crippen molar-refractivity contribution >= 4 is 44.1 Å². The average Bonchev–Trinajstić information content (AvgIpc) is 3.51. The molecule has 3 heterocycles. The molecule has 0 unspecified atom stereocenters. The zero-order valence-corrected chi connectivity index (χ0v) is 23.4. The molecule has 0 radical (unpaired) electrons. The number of nitrogens with one attached hydrogen (secondary N) is 4. The van der Waals surface area contributed by atoms with Crippen LogP contribution in [0.4, 0.5) is 26.4 Å². The van der Waals surface area contributed by atoms with Gasteiger partial charge < -0.3 is 15.4 Å². The van der Waals surface area contributed by atoms with Crippen molar-refractivity contribution in [1.82, 2.24) is 25.0 Å². The summed E-state index contributed by atoms with van der Waals surface area (Å²) in [5, 5.41) is 17.9. The highest BCUT2D eigenvalue weighted by Gasteiger charge is 2.21. The lowest BCUT2D eigenvalue weighted by Crippen LogP contribution is -2.22. The molecule has 0 bridgehead atoms. The molecule has 0 saturated heterocycles. The summed E-state index contributed by atoms with van der Waals surface area (Å²) in [6.07, 6.45) is 5.78. The van der Waals surface area contributed by atoms with Gasteiger partial charge in [0.15, 0.2) is 0 Å². The molecule has 12 nitrogen and oxygen atoms in total. The number of H-pyrrole nitrogens is 1. The Kier molecular flexibility index (Phi) is 7.09. The minimum Gasteiger partial charge on any atom is -0.457 e. The van der Waals surface area contributed by atoms with E-state index in [4.69, 9.17) is 9.84 Å². The smallest absolute Gasteiger partial charge is 0.323 e. The number of amides is 2. The molecule has 14 heteroatoms. The summed E-state index contributed by atoms with van der Waals surface area (Å²) in [6.45, 7) is 5.96. The van der Waals surface area contributed by atoms with Crippen LogP contribution in [0, 0.1) is 5.82 Å². The molecule has 0 saturated carbocycles. The number of fused-ring (bicyclic) bond motifs is 1. The highest BCUT2D eigenvalue weighted by Crippen LogP contribution is 2.32. The predicted molar refractivity (Wildman–Crippen MR) is 154 cm³/mol. The number of aromatic nitrogens is 5. The summed E-state index contributed by atoms with van der Waals surface area (Å²) in [5.74, 6) is -0.314. The zero-order chi connectivity index (χ0) is 29.4. The van der Waals surface area contributed by atoms with Gasteiger partial charge >= 0.3 is 6.03 Å². The first-order chi connectivity index (χ1) is 19.3. The quantitative estimate of drug-likeness (QED) is 0.198. The fraction of sp³-hybridized carbons (Fsp3) is 0.185. The molecule has 5 aromatic rings. The molecule has 3 aromatic heterocycles. The van der Waals surface area contributed by atoms with Gasteiger partial charge in [0, 0.05) is 35.5 Å². The fourth-order valence-electron chi connectivity index (χ4n) is 3.91. The molecule has 2 aromatic carbocycles. The molecule has 41 heavy (non-hydrogen) atoms. The van der Waals surface area contributed by atoms with E-state index in [0.29, 0.717) is 11.4 Å². The Hall–Kier alpha value is -4.98. The lowest BCUT2D eigenvalue weighted by molar-refractivity contribution is 0.262. The van der Waals surface area contributed by atoms with Crippen molar-refractivity contribution in [3.05, 3.63) is 72.9 Å². The number of aromatic amines is 1. The summed E-state index contributed by atoms with van der Waals surface area (Å²) >= 11 is 0. The number of anilines is 3. The van der Waals surface area contributed by atoms with E-state index in [2.05, 4.69) is 30.5 Å². The van der Waals surface area contributed by atoms with E-state index >= 15 is 0 Å². The van der Waals surface area contributed by atoms with Crippen LogP contribution in [0.25, 0.3) is 22.2 Å². The SMILES string of the molecule is CC(C)(C)n1cc(NC(=O)Nc2ccc(Oc3ccnc(NS(C)(=O)=O)c3)cc2F)c(-c2ccc3[nH]ncc3c2)n1. The minimum absolute atomic E-state index is 0.0549. The lowest BCUT2D eigenvalue weighted by atomic mass is 10.1. The largest absolute Gasteiger partial charge is 0.457 e. The summed E-state index contributed by atoms with van der Waals surface area (Å²) in [4.78, 5) is 16.8. The van der Waals surface area contributed by atoms with Crippen molar-refractivity contribution in [2.24, 2.45) is 0 Å². The topological polar surface area (TPSA) is 156 Å². The van der Waals surface area contributed by atoms with Crippen molar-refractivity contribution < 1.29 is 22.3 Å². The molecule has 0 aliphatic carbocycles. The normalized spacial score (nSPS) is 11.8. The van der Waals surface area contributed by atoms with E-state index < -0.39 is 21.9 Å². The van der Waals surface area contributed by atoms with Crippen molar-refractivity contribution in [1.29, 1.82) is 0 Å². The molecule has 5 rings (SSSR count). The first kappa shape index (κ1) is 27.6. The molecule has 4 N–H and O–H groups in total.